The molecule has 1 N–H and O–H groups in total. The van der Waals surface area contributed by atoms with Gasteiger partial charge in [-0.1, -0.05) is 12.1 Å². The molecule has 1 amide bonds. The summed E-state index contributed by atoms with van der Waals surface area (Å²) in [5, 5.41) is 2.71. The summed E-state index contributed by atoms with van der Waals surface area (Å²) < 4.78 is 42.8. The fourth-order valence-electron chi connectivity index (χ4n) is 2.68. The molecular weight excluding hydrogens is 319 g/mol. The molecule has 3 rings (SSSR count). The second-order valence-electron chi connectivity index (χ2n) is 5.84. The molecule has 1 fully saturated rings. The molecule has 2 aromatic rings. The smallest absolute Gasteiger partial charge is 0.416 e. The van der Waals surface area contributed by atoms with E-state index in [1.165, 1.54) is 12.1 Å². The van der Waals surface area contributed by atoms with Crippen LogP contribution in [-0.2, 0) is 16.4 Å². The second-order valence-corrected chi connectivity index (χ2v) is 5.84. The van der Waals surface area contributed by atoms with Crippen molar-refractivity contribution < 1.29 is 22.7 Å². The van der Waals surface area contributed by atoms with Crippen molar-refractivity contribution >= 4 is 11.6 Å². The van der Waals surface area contributed by atoms with Crippen molar-refractivity contribution in [1.29, 1.82) is 0 Å². The van der Waals surface area contributed by atoms with E-state index < -0.39 is 17.2 Å². The summed E-state index contributed by atoms with van der Waals surface area (Å²) in [6.45, 7) is 0. The first-order valence-electron chi connectivity index (χ1n) is 7.48. The lowest BCUT2D eigenvalue weighted by Crippen LogP contribution is -2.27. The first-order valence-corrected chi connectivity index (χ1v) is 7.48. The summed E-state index contributed by atoms with van der Waals surface area (Å²) in [5.41, 5.74) is -0.105. The van der Waals surface area contributed by atoms with Crippen molar-refractivity contribution in [1.82, 2.24) is 0 Å². The van der Waals surface area contributed by atoms with E-state index in [1.807, 2.05) is 12.1 Å². The van der Waals surface area contributed by atoms with Crippen LogP contribution in [0.1, 0.15) is 24.0 Å². The number of hydrogen-bond donors (Lipinski definition) is 1. The van der Waals surface area contributed by atoms with Crippen molar-refractivity contribution in [3.63, 3.8) is 0 Å². The standard InChI is InChI=1S/C18H16F3NO2/c1-24-15-8-4-12(5-9-15)17(10-11-17)16(23)22-14-6-2-13(3-7-14)18(19,20)21/h2-9H,10-11H2,1H3,(H,22,23). The molecule has 1 aliphatic rings. The van der Waals surface area contributed by atoms with E-state index >= 15 is 0 Å². The van der Waals surface area contributed by atoms with Gasteiger partial charge in [-0.2, -0.15) is 13.2 Å². The van der Waals surface area contributed by atoms with Gasteiger partial charge in [0.15, 0.2) is 0 Å². The Balaban J connectivity index is 1.74. The van der Waals surface area contributed by atoms with Crippen molar-refractivity contribution in [2.75, 3.05) is 12.4 Å². The van der Waals surface area contributed by atoms with Crippen LogP contribution in [0.5, 0.6) is 5.75 Å². The third kappa shape index (κ3) is 3.09. The number of hydrogen-bond acceptors (Lipinski definition) is 2. The molecule has 0 unspecified atom stereocenters. The molecule has 0 aliphatic heterocycles. The number of alkyl halides is 3. The molecule has 0 atom stereocenters. The number of amides is 1. The number of halogens is 3. The highest BCUT2D eigenvalue weighted by molar-refractivity contribution is 6.01. The second kappa shape index (κ2) is 5.85. The summed E-state index contributed by atoms with van der Waals surface area (Å²) >= 11 is 0. The summed E-state index contributed by atoms with van der Waals surface area (Å²) in [5.74, 6) is 0.505. The number of methoxy groups -OCH3 is 1. The molecule has 0 radical (unpaired) electrons. The zero-order valence-corrected chi connectivity index (χ0v) is 13.0. The molecule has 0 spiro atoms. The largest absolute Gasteiger partial charge is 0.497 e. The number of ether oxygens (including phenoxy) is 1. The maximum Gasteiger partial charge on any atom is 0.416 e. The van der Waals surface area contributed by atoms with Gasteiger partial charge >= 0.3 is 6.18 Å². The minimum absolute atomic E-state index is 0.201. The van der Waals surface area contributed by atoms with E-state index in [-0.39, 0.29) is 5.91 Å². The highest BCUT2D eigenvalue weighted by atomic mass is 19.4. The van der Waals surface area contributed by atoms with Gasteiger partial charge in [0.2, 0.25) is 5.91 Å². The van der Waals surface area contributed by atoms with Crippen LogP contribution in [0.2, 0.25) is 0 Å². The predicted molar refractivity (Wildman–Crippen MR) is 84.0 cm³/mol. The molecule has 3 nitrogen and oxygen atoms in total. The van der Waals surface area contributed by atoms with Gasteiger partial charge < -0.3 is 10.1 Å². The van der Waals surface area contributed by atoms with Crippen molar-refractivity contribution in [3.05, 3.63) is 59.7 Å². The topological polar surface area (TPSA) is 38.3 Å². The Morgan fingerprint density at radius 3 is 2.08 bits per heavy atom. The van der Waals surface area contributed by atoms with Gasteiger partial charge in [-0.15, -0.1) is 0 Å². The predicted octanol–water partition coefficient (Wildman–Crippen LogP) is 4.38. The first kappa shape index (κ1) is 16.4. The quantitative estimate of drug-likeness (QED) is 0.900. The van der Waals surface area contributed by atoms with Crippen LogP contribution in [0, 0.1) is 0 Å². The molecule has 2 aromatic carbocycles. The van der Waals surface area contributed by atoms with E-state index in [2.05, 4.69) is 5.32 Å². The molecule has 0 saturated heterocycles. The number of benzene rings is 2. The van der Waals surface area contributed by atoms with Crippen molar-refractivity contribution in [2.45, 2.75) is 24.4 Å². The van der Waals surface area contributed by atoms with Gasteiger partial charge in [0.25, 0.3) is 0 Å². The highest BCUT2D eigenvalue weighted by Gasteiger charge is 2.51. The SMILES string of the molecule is COc1ccc(C2(C(=O)Nc3ccc(C(F)(F)F)cc3)CC2)cc1. The fraction of sp³-hybridized carbons (Fsp3) is 0.278. The van der Waals surface area contributed by atoms with E-state index in [9.17, 15) is 18.0 Å². The van der Waals surface area contributed by atoms with Gasteiger partial charge in [-0.05, 0) is 54.8 Å². The van der Waals surface area contributed by atoms with Crippen LogP contribution in [0.15, 0.2) is 48.5 Å². The molecule has 24 heavy (non-hydrogen) atoms. The number of carbonyl (C=O) groups excluding carboxylic acids is 1. The average molecular weight is 335 g/mol. The van der Waals surface area contributed by atoms with Crippen LogP contribution < -0.4 is 10.1 Å². The molecule has 126 valence electrons. The van der Waals surface area contributed by atoms with Crippen LogP contribution in [0.4, 0.5) is 18.9 Å². The van der Waals surface area contributed by atoms with Crippen LogP contribution >= 0.6 is 0 Å². The average Bonchev–Trinajstić information content (AvgIpc) is 3.36. The summed E-state index contributed by atoms with van der Waals surface area (Å²) in [7, 11) is 1.57. The lowest BCUT2D eigenvalue weighted by Gasteiger charge is -2.16. The van der Waals surface area contributed by atoms with Gasteiger partial charge in [-0.3, -0.25) is 4.79 Å². The first-order chi connectivity index (χ1) is 11.3. The minimum Gasteiger partial charge on any atom is -0.497 e. The molecule has 6 heteroatoms. The molecule has 1 aliphatic carbocycles. The molecular formula is C18H16F3NO2. The Bertz CT molecular complexity index is 732. The molecule has 0 bridgehead atoms. The summed E-state index contributed by atoms with van der Waals surface area (Å²) in [4.78, 5) is 12.6. The molecule has 0 heterocycles. The zero-order valence-electron chi connectivity index (χ0n) is 13.0. The Morgan fingerprint density at radius 2 is 1.62 bits per heavy atom. The summed E-state index contributed by atoms with van der Waals surface area (Å²) in [6.07, 6.45) is -2.96. The third-order valence-corrected chi connectivity index (χ3v) is 4.30. The number of anilines is 1. The zero-order chi connectivity index (χ0) is 17.4. The van der Waals surface area contributed by atoms with E-state index in [4.69, 9.17) is 4.74 Å². The lowest BCUT2D eigenvalue weighted by atomic mass is 9.94. The Morgan fingerprint density at radius 1 is 1.04 bits per heavy atom. The van der Waals surface area contributed by atoms with Crippen LogP contribution in [-0.4, -0.2) is 13.0 Å². The van der Waals surface area contributed by atoms with Crippen LogP contribution in [0.3, 0.4) is 0 Å². The number of rotatable bonds is 4. The minimum atomic E-state index is -4.39. The van der Waals surface area contributed by atoms with Crippen LogP contribution in [0.25, 0.3) is 0 Å². The normalized spacial score (nSPS) is 15.7. The number of nitrogens with one attached hydrogen (secondary N) is 1. The van der Waals surface area contributed by atoms with Gasteiger partial charge in [0.1, 0.15) is 5.75 Å². The van der Waals surface area contributed by atoms with E-state index in [0.717, 1.165) is 17.7 Å². The molecule has 0 aromatic heterocycles. The van der Waals surface area contributed by atoms with Gasteiger partial charge in [0.05, 0.1) is 18.1 Å². The highest BCUT2D eigenvalue weighted by Crippen LogP contribution is 2.49. The lowest BCUT2D eigenvalue weighted by molar-refractivity contribution is -0.137. The van der Waals surface area contributed by atoms with Gasteiger partial charge in [-0.25, -0.2) is 0 Å². The monoisotopic (exact) mass is 335 g/mol. The van der Waals surface area contributed by atoms with Gasteiger partial charge in [0, 0.05) is 5.69 Å². The van der Waals surface area contributed by atoms with E-state index in [1.54, 1.807) is 19.2 Å². The van der Waals surface area contributed by atoms with E-state index in [0.29, 0.717) is 24.3 Å². The maximum absolute atomic E-state index is 12.6. The Labute approximate surface area is 137 Å². The summed E-state index contributed by atoms with van der Waals surface area (Å²) in [6, 6.07) is 11.7. The fourth-order valence-corrected chi connectivity index (χ4v) is 2.68. The Kier molecular flexibility index (Phi) is 3.99. The maximum atomic E-state index is 12.6. The van der Waals surface area contributed by atoms with Crippen molar-refractivity contribution in [2.24, 2.45) is 0 Å². The van der Waals surface area contributed by atoms with Crippen molar-refractivity contribution in [3.8, 4) is 5.75 Å². The number of carbonyl (C=O) groups is 1. The molecule has 1 saturated carbocycles. The Hall–Kier alpha value is -2.50. The third-order valence-electron chi connectivity index (χ3n) is 4.30.